The van der Waals surface area contributed by atoms with Crippen LogP contribution in [0, 0.1) is 11.8 Å². The third-order valence-electron chi connectivity index (χ3n) is 11.4. The molecule has 5 atom stereocenters. The average molecular weight is 1210 g/mol. The monoisotopic (exact) mass is 1210 g/mol. The van der Waals surface area contributed by atoms with Gasteiger partial charge >= 0.3 is 36.0 Å². The molecule has 0 radical (unpaired) electrons. The number of amides is 10. The number of aromatic nitrogens is 1. The van der Waals surface area contributed by atoms with Gasteiger partial charge in [-0.05, 0) is 51.5 Å². The maximum absolute atomic E-state index is 13.4. The number of ether oxygens (including phenoxy) is 2. The first-order valence-corrected chi connectivity index (χ1v) is 29.5. The van der Waals surface area contributed by atoms with Gasteiger partial charge in [-0.1, -0.05) is 55.7 Å². The van der Waals surface area contributed by atoms with Gasteiger partial charge in [0.25, 0.3) is 5.91 Å². The fourth-order valence-corrected chi connectivity index (χ4v) is 9.22. The van der Waals surface area contributed by atoms with Gasteiger partial charge in [-0.2, -0.15) is 0 Å². The molecule has 0 saturated carbocycles. The lowest BCUT2D eigenvalue weighted by Crippen LogP contribution is -2.51. The smallest absolute Gasteiger partial charge is 0.426 e. The van der Waals surface area contributed by atoms with Crippen LogP contribution in [0.4, 0.5) is 9.59 Å². The standard InChI is InChI=1S/C48H78N12O18S3/c1-6-10-40(67)78-28-60(44(70)41(49-5)29(3)7-2)21-9-12-38-55-33(27-79-38)43(69)52-19-17-30(4)42(68)58-59-48(76)77-22-24-81-80-23-20-51-36(63)25-54-37(64)26-53-34(61)11-8-18-50-35(62)15-13-31(45(71)72)56-47(75)57-32(46(73)74)14-16-39(65)66/h27,29-32,41,49H,6-26,28H2,1-5H3,(H,50,62)(H,51,63)(H,52,69)(H,53,61)(H,54,64)(H,58,68)(H,59,76)(H,65,66)(H,71,72)(H,73,74)(H2,56,57,75)/t29?,30-,31?,32-,41?/m0/s1. The predicted molar refractivity (Wildman–Crippen MR) is 296 cm³/mol. The van der Waals surface area contributed by atoms with Gasteiger partial charge in [-0.25, -0.2) is 29.6 Å². The van der Waals surface area contributed by atoms with Crippen LogP contribution in [0.1, 0.15) is 114 Å². The van der Waals surface area contributed by atoms with Crippen molar-refractivity contribution in [3.63, 3.8) is 0 Å². The minimum Gasteiger partial charge on any atom is -0.481 e. The summed E-state index contributed by atoms with van der Waals surface area (Å²) in [4.78, 5) is 163. The number of urea groups is 1. The van der Waals surface area contributed by atoms with Crippen molar-refractivity contribution in [1.29, 1.82) is 0 Å². The zero-order valence-electron chi connectivity index (χ0n) is 46.1. The summed E-state index contributed by atoms with van der Waals surface area (Å²) in [5.74, 6) is -7.71. The number of hydrazine groups is 1. The molecule has 0 aliphatic carbocycles. The lowest BCUT2D eigenvalue weighted by molar-refractivity contribution is -0.154. The van der Waals surface area contributed by atoms with Gasteiger partial charge in [0.2, 0.25) is 35.4 Å². The molecule has 81 heavy (non-hydrogen) atoms. The number of rotatable bonds is 42. The van der Waals surface area contributed by atoms with Gasteiger partial charge in [0.1, 0.15) is 24.4 Å². The SMILES string of the molecule is CCCC(=O)OCN(CCCc1nc(C(=O)NCC[C@H](C)C(=O)NNC(=O)OCCSSCCNC(=O)CNC(=O)CNC(=O)CCCNC(=O)CCC(NC(=O)N[C@@H](CCC(=O)O)C(=O)O)C(=O)O)cs1)C(=O)C(NC)C(C)CC. The van der Waals surface area contributed by atoms with Gasteiger partial charge in [-0.15, -0.1) is 11.3 Å². The van der Waals surface area contributed by atoms with Gasteiger partial charge in [-0.3, -0.25) is 48.6 Å². The second-order valence-electron chi connectivity index (χ2n) is 17.9. The van der Waals surface area contributed by atoms with E-state index in [9.17, 15) is 67.4 Å². The third-order valence-corrected chi connectivity index (χ3v) is 14.7. The highest BCUT2D eigenvalue weighted by Crippen LogP contribution is 2.20. The number of aliphatic carboxylic acids is 3. The number of aryl methyl sites for hydroxylation is 1. The molecule has 0 fully saturated rings. The number of carboxylic acid groups (broad SMARTS) is 3. The Bertz CT molecular complexity index is 2240. The van der Waals surface area contributed by atoms with E-state index in [1.54, 1.807) is 19.4 Å². The van der Waals surface area contributed by atoms with Crippen molar-refractivity contribution in [2.24, 2.45) is 11.8 Å². The number of likely N-dealkylation sites (N-methyl/N-ethyl adjacent to an activating group) is 1. The fourth-order valence-electron chi connectivity index (χ4n) is 6.67. The molecule has 0 bridgehead atoms. The van der Waals surface area contributed by atoms with Crippen molar-refractivity contribution >= 4 is 110 Å². The number of esters is 1. The Morgan fingerprint density at radius 2 is 1.31 bits per heavy atom. The Kier molecular flexibility index (Phi) is 37.3. The highest BCUT2D eigenvalue weighted by atomic mass is 33.1. The number of thiazole rings is 1. The molecule has 0 spiro atoms. The van der Waals surface area contributed by atoms with Crippen LogP contribution in [0.15, 0.2) is 5.38 Å². The van der Waals surface area contributed by atoms with Crippen molar-refractivity contribution in [3.05, 3.63) is 16.1 Å². The Labute approximate surface area is 480 Å². The van der Waals surface area contributed by atoms with Gasteiger partial charge in [0, 0.05) is 81.1 Å². The number of nitrogens with zero attached hydrogens (tertiary/aromatic N) is 2. The summed E-state index contributed by atoms with van der Waals surface area (Å²) in [6.07, 6.45) is 0.374. The lowest BCUT2D eigenvalue weighted by Gasteiger charge is -2.29. The lowest BCUT2D eigenvalue weighted by atomic mass is 9.98. The van der Waals surface area contributed by atoms with Crippen LogP contribution in [0.25, 0.3) is 0 Å². The normalized spacial score (nSPS) is 12.6. The summed E-state index contributed by atoms with van der Waals surface area (Å²) in [5.41, 5.74) is 4.67. The molecule has 0 saturated heterocycles. The maximum atomic E-state index is 13.4. The third kappa shape index (κ3) is 33.4. The highest BCUT2D eigenvalue weighted by Gasteiger charge is 2.29. The summed E-state index contributed by atoms with van der Waals surface area (Å²) in [6.45, 7) is 7.29. The van der Waals surface area contributed by atoms with E-state index in [0.29, 0.717) is 42.3 Å². The second-order valence-corrected chi connectivity index (χ2v) is 21.6. The van der Waals surface area contributed by atoms with E-state index in [1.165, 1.54) is 37.8 Å². The van der Waals surface area contributed by atoms with Gasteiger partial charge < -0.3 is 72.2 Å². The van der Waals surface area contributed by atoms with Crippen LogP contribution in [-0.4, -0.2) is 192 Å². The minimum atomic E-state index is -1.59. The first kappa shape index (κ1) is 72.0. The summed E-state index contributed by atoms with van der Waals surface area (Å²) < 4.78 is 10.4. The second kappa shape index (κ2) is 41.9. The molecule has 0 aromatic carbocycles. The zero-order chi connectivity index (χ0) is 60.7. The minimum absolute atomic E-state index is 0.0102. The van der Waals surface area contributed by atoms with E-state index in [4.69, 9.17) is 19.7 Å². The quantitative estimate of drug-likeness (QED) is 0.0133. The molecule has 33 heteroatoms. The Morgan fingerprint density at radius 1 is 0.691 bits per heavy atom. The van der Waals surface area contributed by atoms with Crippen LogP contribution in [0.5, 0.6) is 0 Å². The first-order valence-electron chi connectivity index (χ1n) is 26.1. The average Bonchev–Trinajstić information content (AvgIpc) is 3.91. The molecule has 1 heterocycles. The van der Waals surface area contributed by atoms with Crippen LogP contribution in [0.3, 0.4) is 0 Å². The van der Waals surface area contributed by atoms with E-state index in [0.717, 1.165) is 6.42 Å². The molecule has 0 aliphatic rings. The molecule has 456 valence electrons. The first-order chi connectivity index (χ1) is 38.5. The van der Waals surface area contributed by atoms with E-state index in [2.05, 4.69) is 47.7 Å². The van der Waals surface area contributed by atoms with Crippen molar-refractivity contribution in [3.8, 4) is 0 Å². The summed E-state index contributed by atoms with van der Waals surface area (Å²) in [6, 6.07) is -4.79. The largest absolute Gasteiger partial charge is 0.481 e. The zero-order valence-corrected chi connectivity index (χ0v) is 48.6. The molecule has 30 nitrogen and oxygen atoms in total. The number of carboxylic acids is 3. The van der Waals surface area contributed by atoms with Crippen molar-refractivity contribution < 1.29 is 87.1 Å². The number of nitrogens with one attached hydrogen (secondary N) is 10. The summed E-state index contributed by atoms with van der Waals surface area (Å²) >= 11 is 1.30. The van der Waals surface area contributed by atoms with Crippen molar-refractivity contribution in [2.75, 3.05) is 71.2 Å². The highest BCUT2D eigenvalue weighted by molar-refractivity contribution is 8.76. The molecule has 10 amide bonds. The molecule has 0 aliphatic heterocycles. The molecular weight excluding hydrogens is 1130 g/mol. The number of carbonyl (C=O) groups is 13. The summed E-state index contributed by atoms with van der Waals surface area (Å²) in [7, 11) is 4.46. The Hall–Kier alpha value is -7.00. The number of hydrogen-bond donors (Lipinski definition) is 13. The van der Waals surface area contributed by atoms with E-state index < -0.39 is 109 Å². The van der Waals surface area contributed by atoms with Crippen LogP contribution < -0.4 is 53.4 Å². The van der Waals surface area contributed by atoms with Crippen LogP contribution in [0.2, 0.25) is 0 Å². The van der Waals surface area contributed by atoms with E-state index in [1.807, 2.05) is 31.4 Å². The molecule has 1 aromatic heterocycles. The van der Waals surface area contributed by atoms with Gasteiger partial charge in [0.05, 0.1) is 24.1 Å². The molecule has 3 unspecified atom stereocenters. The van der Waals surface area contributed by atoms with Gasteiger partial charge in [0.15, 0.2) is 6.73 Å². The Balaban J connectivity index is 2.19. The molecule has 13 N–H and O–H groups in total. The van der Waals surface area contributed by atoms with Crippen LogP contribution >= 0.6 is 32.9 Å². The number of carbonyl (C=O) groups excluding carboxylic acids is 10. The molecular formula is C48H78N12O18S3. The van der Waals surface area contributed by atoms with E-state index >= 15 is 0 Å². The molecule has 1 aromatic rings. The molecule has 1 rings (SSSR count). The maximum Gasteiger partial charge on any atom is 0.426 e. The Morgan fingerprint density at radius 3 is 1.94 bits per heavy atom. The van der Waals surface area contributed by atoms with Crippen molar-refractivity contribution in [2.45, 2.75) is 123 Å². The topological polar surface area (TPSA) is 437 Å². The van der Waals surface area contributed by atoms with E-state index in [-0.39, 0.29) is 102 Å². The van der Waals surface area contributed by atoms with Crippen molar-refractivity contribution in [1.82, 2.24) is 63.3 Å². The fraction of sp³-hybridized carbons (Fsp3) is 0.667. The predicted octanol–water partition coefficient (Wildman–Crippen LogP) is -0.170. The number of hydrogen-bond acceptors (Lipinski definition) is 20. The van der Waals surface area contributed by atoms with Crippen LogP contribution in [-0.2, 0) is 63.8 Å². The summed E-state index contributed by atoms with van der Waals surface area (Å²) in [5, 5.41) is 49.2.